The number of aromatic nitrogens is 2. The van der Waals surface area contributed by atoms with Gasteiger partial charge in [0.2, 0.25) is 0 Å². The summed E-state index contributed by atoms with van der Waals surface area (Å²) in [5, 5.41) is 6.74. The average molecular weight is 206 g/mol. The van der Waals surface area contributed by atoms with Crippen LogP contribution >= 0.6 is 0 Å². The van der Waals surface area contributed by atoms with Crippen molar-refractivity contribution in [2.24, 2.45) is 0 Å². The van der Waals surface area contributed by atoms with Crippen molar-refractivity contribution in [2.75, 3.05) is 7.11 Å². The minimum absolute atomic E-state index is 0.410. The van der Waals surface area contributed by atoms with Crippen molar-refractivity contribution in [2.45, 2.75) is 6.92 Å². The summed E-state index contributed by atoms with van der Waals surface area (Å²) >= 11 is 0. The number of nitrogens with one attached hydrogen (secondary N) is 1. The van der Waals surface area contributed by atoms with Crippen LogP contribution in [0.3, 0.4) is 0 Å². The van der Waals surface area contributed by atoms with Crippen molar-refractivity contribution >= 4 is 5.97 Å². The second-order valence-electron chi connectivity index (χ2n) is 3.04. The number of methoxy groups -OCH3 is 1. The minimum atomic E-state index is -0.423. The van der Waals surface area contributed by atoms with E-state index in [1.807, 2.05) is 0 Å². The lowest BCUT2D eigenvalue weighted by atomic mass is 10.1. The molecule has 5 nitrogen and oxygen atoms in total. The van der Waals surface area contributed by atoms with E-state index in [0.29, 0.717) is 22.7 Å². The highest BCUT2D eigenvalue weighted by Crippen LogP contribution is 2.24. The summed E-state index contributed by atoms with van der Waals surface area (Å²) in [7, 11) is 1.33. The maximum absolute atomic E-state index is 11.5. The monoisotopic (exact) mass is 206 g/mol. The molecule has 0 amide bonds. The van der Waals surface area contributed by atoms with Crippen molar-refractivity contribution in [3.8, 4) is 11.5 Å². The molecule has 0 aliphatic heterocycles. The molecule has 0 fully saturated rings. The molecule has 2 rings (SSSR count). The Bertz CT molecular complexity index is 471. The molecule has 0 atom stereocenters. The molecule has 0 saturated carbocycles. The number of nitrogens with zero attached hydrogens (tertiary/aromatic N) is 1. The zero-order chi connectivity index (χ0) is 10.8. The summed E-state index contributed by atoms with van der Waals surface area (Å²) in [5.74, 6) is 0.118. The first-order chi connectivity index (χ1) is 7.24. The Morgan fingerprint density at radius 3 is 3.00 bits per heavy atom. The van der Waals surface area contributed by atoms with Crippen LogP contribution in [0.2, 0.25) is 0 Å². The van der Waals surface area contributed by atoms with Crippen LogP contribution in [0.15, 0.2) is 22.8 Å². The summed E-state index contributed by atoms with van der Waals surface area (Å²) in [4.78, 5) is 11.5. The highest BCUT2D eigenvalue weighted by atomic mass is 16.5. The van der Waals surface area contributed by atoms with E-state index in [1.165, 1.54) is 13.4 Å². The minimum Gasteiger partial charge on any atom is -0.465 e. The van der Waals surface area contributed by atoms with Gasteiger partial charge in [-0.3, -0.25) is 5.10 Å². The van der Waals surface area contributed by atoms with Crippen LogP contribution < -0.4 is 0 Å². The van der Waals surface area contributed by atoms with Gasteiger partial charge in [-0.05, 0) is 19.1 Å². The van der Waals surface area contributed by atoms with E-state index in [1.54, 1.807) is 19.1 Å². The SMILES string of the molecule is COC(=O)c1c(-c2ccco2)n[nH]c1C. The molecule has 1 N–H and O–H groups in total. The molecular formula is C10H10N2O3. The number of rotatable bonds is 2. The summed E-state index contributed by atoms with van der Waals surface area (Å²) in [6.45, 7) is 1.76. The Balaban J connectivity index is 2.54. The Kier molecular flexibility index (Phi) is 2.29. The van der Waals surface area contributed by atoms with E-state index in [2.05, 4.69) is 14.9 Å². The molecule has 2 heterocycles. The molecule has 0 aliphatic carbocycles. The largest absolute Gasteiger partial charge is 0.465 e. The lowest BCUT2D eigenvalue weighted by Gasteiger charge is -1.98. The molecule has 2 aromatic rings. The molecule has 5 heteroatoms. The van der Waals surface area contributed by atoms with Crippen LogP contribution in [-0.4, -0.2) is 23.3 Å². The normalized spacial score (nSPS) is 10.3. The van der Waals surface area contributed by atoms with E-state index in [-0.39, 0.29) is 0 Å². The van der Waals surface area contributed by atoms with E-state index in [9.17, 15) is 4.79 Å². The first-order valence-electron chi connectivity index (χ1n) is 4.41. The van der Waals surface area contributed by atoms with E-state index >= 15 is 0 Å². The van der Waals surface area contributed by atoms with Crippen molar-refractivity contribution in [3.63, 3.8) is 0 Å². The van der Waals surface area contributed by atoms with Crippen LogP contribution in [-0.2, 0) is 4.74 Å². The molecule has 0 unspecified atom stereocenters. The smallest absolute Gasteiger partial charge is 0.342 e. The summed E-state index contributed by atoms with van der Waals surface area (Å²) in [6.07, 6.45) is 1.53. The fourth-order valence-electron chi connectivity index (χ4n) is 1.37. The van der Waals surface area contributed by atoms with Gasteiger partial charge < -0.3 is 9.15 Å². The van der Waals surface area contributed by atoms with Crippen molar-refractivity contribution in [1.29, 1.82) is 0 Å². The third-order valence-corrected chi connectivity index (χ3v) is 2.09. The number of H-pyrrole nitrogens is 1. The van der Waals surface area contributed by atoms with Gasteiger partial charge in [0, 0.05) is 5.69 Å². The number of ether oxygens (including phenoxy) is 1. The van der Waals surface area contributed by atoms with Crippen LogP contribution in [0, 0.1) is 6.92 Å². The number of esters is 1. The van der Waals surface area contributed by atoms with Gasteiger partial charge in [-0.15, -0.1) is 0 Å². The summed E-state index contributed by atoms with van der Waals surface area (Å²) in [6, 6.07) is 3.47. The molecular weight excluding hydrogens is 196 g/mol. The number of aryl methyl sites for hydroxylation is 1. The van der Waals surface area contributed by atoms with Crippen LogP contribution in [0.5, 0.6) is 0 Å². The fourth-order valence-corrected chi connectivity index (χ4v) is 1.37. The van der Waals surface area contributed by atoms with E-state index in [4.69, 9.17) is 4.42 Å². The van der Waals surface area contributed by atoms with Crippen molar-refractivity contribution in [1.82, 2.24) is 10.2 Å². The molecule has 78 valence electrons. The second kappa shape index (κ2) is 3.61. The molecule has 0 spiro atoms. The Labute approximate surface area is 86.0 Å². The zero-order valence-corrected chi connectivity index (χ0v) is 8.40. The van der Waals surface area contributed by atoms with Gasteiger partial charge in [-0.25, -0.2) is 4.79 Å². The van der Waals surface area contributed by atoms with Crippen LogP contribution in [0.1, 0.15) is 16.1 Å². The van der Waals surface area contributed by atoms with Crippen LogP contribution in [0.4, 0.5) is 0 Å². The lowest BCUT2D eigenvalue weighted by molar-refractivity contribution is 0.0600. The van der Waals surface area contributed by atoms with Crippen LogP contribution in [0.25, 0.3) is 11.5 Å². The van der Waals surface area contributed by atoms with Gasteiger partial charge in [-0.1, -0.05) is 0 Å². The topological polar surface area (TPSA) is 68.1 Å². The van der Waals surface area contributed by atoms with Gasteiger partial charge in [0.15, 0.2) is 5.76 Å². The standard InChI is InChI=1S/C10H10N2O3/c1-6-8(10(13)14-2)9(12-11-6)7-4-3-5-15-7/h3-5H,1-2H3,(H,11,12). The Morgan fingerprint density at radius 1 is 1.60 bits per heavy atom. The zero-order valence-electron chi connectivity index (χ0n) is 8.40. The van der Waals surface area contributed by atoms with Gasteiger partial charge in [0.25, 0.3) is 0 Å². The maximum Gasteiger partial charge on any atom is 0.342 e. The molecule has 2 aromatic heterocycles. The van der Waals surface area contributed by atoms with E-state index < -0.39 is 5.97 Å². The number of carbonyl (C=O) groups excluding carboxylic acids is 1. The van der Waals surface area contributed by atoms with Gasteiger partial charge in [0.05, 0.1) is 13.4 Å². The quantitative estimate of drug-likeness (QED) is 0.760. The lowest BCUT2D eigenvalue weighted by Crippen LogP contribution is -2.03. The summed E-state index contributed by atoms with van der Waals surface area (Å²) < 4.78 is 9.85. The number of hydrogen-bond acceptors (Lipinski definition) is 4. The molecule has 0 saturated heterocycles. The Hall–Kier alpha value is -2.04. The third kappa shape index (κ3) is 1.52. The molecule has 15 heavy (non-hydrogen) atoms. The maximum atomic E-state index is 11.5. The number of aromatic amines is 1. The van der Waals surface area contributed by atoms with Crippen molar-refractivity contribution in [3.05, 3.63) is 29.7 Å². The predicted octanol–water partition coefficient (Wildman–Crippen LogP) is 1.76. The van der Waals surface area contributed by atoms with Gasteiger partial charge in [-0.2, -0.15) is 5.10 Å². The highest BCUT2D eigenvalue weighted by molar-refractivity contribution is 5.96. The number of carbonyl (C=O) groups is 1. The van der Waals surface area contributed by atoms with E-state index in [0.717, 1.165) is 0 Å². The molecule has 0 aromatic carbocycles. The number of furan rings is 1. The first kappa shape index (κ1) is 9.51. The highest BCUT2D eigenvalue weighted by Gasteiger charge is 2.21. The van der Waals surface area contributed by atoms with Gasteiger partial charge >= 0.3 is 5.97 Å². The Morgan fingerprint density at radius 2 is 2.40 bits per heavy atom. The molecule has 0 aliphatic rings. The number of hydrogen-bond donors (Lipinski definition) is 1. The van der Waals surface area contributed by atoms with Crippen molar-refractivity contribution < 1.29 is 13.9 Å². The van der Waals surface area contributed by atoms with Gasteiger partial charge in [0.1, 0.15) is 11.3 Å². The average Bonchev–Trinajstić information content (AvgIpc) is 2.85. The fraction of sp³-hybridized carbons (Fsp3) is 0.200. The molecule has 0 bridgehead atoms. The first-order valence-corrected chi connectivity index (χ1v) is 4.41. The second-order valence-corrected chi connectivity index (χ2v) is 3.04. The molecule has 0 radical (unpaired) electrons. The summed E-state index contributed by atoms with van der Waals surface area (Å²) in [5.41, 5.74) is 1.55. The third-order valence-electron chi connectivity index (χ3n) is 2.09. The predicted molar refractivity (Wildman–Crippen MR) is 52.4 cm³/mol.